The molecule has 136 valence electrons. The first-order chi connectivity index (χ1) is 13.1. The van der Waals surface area contributed by atoms with Gasteiger partial charge in [0.2, 0.25) is 0 Å². The first-order valence-corrected chi connectivity index (χ1v) is 9.76. The largest absolute Gasteiger partial charge is 0.457 e. The molecule has 8 heteroatoms. The number of hydrogen-bond acceptors (Lipinski definition) is 4. The predicted octanol–water partition coefficient (Wildman–Crippen LogP) is 3.57. The SMILES string of the molecule is O=C1/C(=C/c2ccc(-c3cccc([125I])c3)o2)NC(=S)N1CCc1cnc[nH]1. The van der Waals surface area contributed by atoms with E-state index in [1.165, 1.54) is 0 Å². The van der Waals surface area contributed by atoms with Crippen LogP contribution in [0.5, 0.6) is 0 Å². The summed E-state index contributed by atoms with van der Waals surface area (Å²) in [4.78, 5) is 21.2. The van der Waals surface area contributed by atoms with E-state index in [9.17, 15) is 4.79 Å². The number of furan rings is 1. The average Bonchev–Trinajstić information content (AvgIpc) is 3.37. The molecule has 2 aromatic heterocycles. The normalized spacial score (nSPS) is 15.6. The van der Waals surface area contributed by atoms with Crippen molar-refractivity contribution >= 4 is 51.9 Å². The molecule has 3 heterocycles. The predicted molar refractivity (Wildman–Crippen MR) is 115 cm³/mol. The zero-order valence-corrected chi connectivity index (χ0v) is 17.1. The molecule has 0 unspecified atom stereocenters. The van der Waals surface area contributed by atoms with E-state index in [2.05, 4.69) is 37.9 Å². The Morgan fingerprint density at radius 2 is 2.19 bits per heavy atom. The monoisotopic (exact) mass is 488 g/mol. The van der Waals surface area contributed by atoms with Gasteiger partial charge in [-0.05, 0) is 59.1 Å². The highest BCUT2D eigenvalue weighted by atomic mass is 125. The van der Waals surface area contributed by atoms with Gasteiger partial charge in [-0.15, -0.1) is 0 Å². The highest BCUT2D eigenvalue weighted by Crippen LogP contribution is 2.25. The van der Waals surface area contributed by atoms with Crippen molar-refractivity contribution in [3.8, 4) is 11.3 Å². The summed E-state index contributed by atoms with van der Waals surface area (Å²) in [5.41, 5.74) is 2.36. The number of rotatable bonds is 5. The van der Waals surface area contributed by atoms with Crippen LogP contribution in [0.2, 0.25) is 0 Å². The Labute approximate surface area is 174 Å². The first kappa shape index (κ1) is 17.9. The van der Waals surface area contributed by atoms with Gasteiger partial charge >= 0.3 is 0 Å². The number of benzene rings is 1. The van der Waals surface area contributed by atoms with Crippen LogP contribution >= 0.6 is 34.8 Å². The number of imidazole rings is 1. The number of carbonyl (C=O) groups is 1. The molecule has 1 fully saturated rings. The molecular weight excluding hydrogens is 473 g/mol. The second-order valence-electron chi connectivity index (χ2n) is 5.98. The minimum atomic E-state index is -0.160. The zero-order chi connectivity index (χ0) is 18.8. The first-order valence-electron chi connectivity index (χ1n) is 8.28. The van der Waals surface area contributed by atoms with Crippen LogP contribution in [0.25, 0.3) is 17.4 Å². The van der Waals surface area contributed by atoms with E-state index in [0.717, 1.165) is 20.6 Å². The molecule has 1 aliphatic rings. The number of thiocarbonyl (C=S) groups is 1. The third-order valence-electron chi connectivity index (χ3n) is 4.14. The number of amides is 1. The minimum Gasteiger partial charge on any atom is -0.457 e. The zero-order valence-electron chi connectivity index (χ0n) is 14.1. The molecular formula is C19H15IN4O2S. The summed E-state index contributed by atoms with van der Waals surface area (Å²) >= 11 is 7.56. The fourth-order valence-electron chi connectivity index (χ4n) is 2.80. The van der Waals surface area contributed by atoms with Gasteiger partial charge in [-0.25, -0.2) is 4.98 Å². The van der Waals surface area contributed by atoms with E-state index in [1.54, 1.807) is 23.5 Å². The van der Waals surface area contributed by atoms with Crippen LogP contribution in [0.1, 0.15) is 11.5 Å². The van der Waals surface area contributed by atoms with Crippen LogP contribution in [0.4, 0.5) is 0 Å². The molecule has 2 N–H and O–H groups in total. The molecule has 1 aliphatic heterocycles. The molecule has 0 atom stereocenters. The number of halogens is 1. The van der Waals surface area contributed by atoms with E-state index in [1.807, 2.05) is 36.4 Å². The van der Waals surface area contributed by atoms with Gasteiger partial charge in [-0.1, -0.05) is 12.1 Å². The second-order valence-corrected chi connectivity index (χ2v) is 7.62. The second kappa shape index (κ2) is 7.65. The van der Waals surface area contributed by atoms with Crippen LogP contribution in [0, 0.1) is 3.57 Å². The quantitative estimate of drug-likeness (QED) is 0.327. The van der Waals surface area contributed by atoms with E-state index < -0.39 is 0 Å². The number of H-pyrrole nitrogens is 1. The van der Waals surface area contributed by atoms with Crippen molar-refractivity contribution in [1.82, 2.24) is 20.2 Å². The maximum atomic E-state index is 12.6. The molecule has 1 saturated heterocycles. The number of nitrogens with zero attached hydrogens (tertiary/aromatic N) is 2. The summed E-state index contributed by atoms with van der Waals surface area (Å²) in [5.74, 6) is 1.19. The van der Waals surface area contributed by atoms with Crippen molar-refractivity contribution in [2.24, 2.45) is 0 Å². The number of aromatic nitrogens is 2. The van der Waals surface area contributed by atoms with Gasteiger partial charge in [-0.2, -0.15) is 0 Å². The smallest absolute Gasteiger partial charge is 0.276 e. The van der Waals surface area contributed by atoms with Gasteiger partial charge < -0.3 is 14.7 Å². The third kappa shape index (κ3) is 3.96. The van der Waals surface area contributed by atoms with Gasteiger partial charge in [0, 0.05) is 40.1 Å². The molecule has 6 nitrogen and oxygen atoms in total. The van der Waals surface area contributed by atoms with Crippen molar-refractivity contribution in [2.45, 2.75) is 6.42 Å². The Morgan fingerprint density at radius 3 is 2.96 bits per heavy atom. The van der Waals surface area contributed by atoms with Gasteiger partial charge in [0.05, 0.1) is 6.33 Å². The van der Waals surface area contributed by atoms with Crippen molar-refractivity contribution in [3.63, 3.8) is 0 Å². The summed E-state index contributed by atoms with van der Waals surface area (Å²) in [6.45, 7) is 0.482. The molecule has 1 amide bonds. The van der Waals surface area contributed by atoms with Crippen LogP contribution in [0.15, 0.2) is 59.0 Å². The molecule has 27 heavy (non-hydrogen) atoms. The van der Waals surface area contributed by atoms with E-state index >= 15 is 0 Å². The Balaban J connectivity index is 1.49. The lowest BCUT2D eigenvalue weighted by Crippen LogP contribution is -2.32. The van der Waals surface area contributed by atoms with E-state index in [0.29, 0.717) is 29.5 Å². The molecule has 0 radical (unpaired) electrons. The lowest BCUT2D eigenvalue weighted by atomic mass is 10.2. The van der Waals surface area contributed by atoms with Crippen LogP contribution in [-0.4, -0.2) is 32.4 Å². The maximum absolute atomic E-state index is 12.6. The summed E-state index contributed by atoms with van der Waals surface area (Å²) in [6, 6.07) is 11.8. The Kier molecular flexibility index (Phi) is 5.08. The number of carbonyl (C=O) groups excluding carboxylic acids is 1. The fourth-order valence-corrected chi connectivity index (χ4v) is 3.63. The van der Waals surface area contributed by atoms with Gasteiger partial charge in [0.1, 0.15) is 17.2 Å². The topological polar surface area (TPSA) is 74.2 Å². The summed E-state index contributed by atoms with van der Waals surface area (Å²) < 4.78 is 7.01. The molecule has 0 saturated carbocycles. The molecule has 1 aromatic carbocycles. The summed E-state index contributed by atoms with van der Waals surface area (Å²) in [6.07, 6.45) is 5.69. The van der Waals surface area contributed by atoms with Gasteiger partial charge in [0.15, 0.2) is 5.11 Å². The van der Waals surface area contributed by atoms with E-state index in [-0.39, 0.29) is 5.91 Å². The van der Waals surface area contributed by atoms with Crippen molar-refractivity contribution in [2.75, 3.05) is 6.54 Å². The van der Waals surface area contributed by atoms with E-state index in [4.69, 9.17) is 16.6 Å². The fraction of sp³-hybridized carbons (Fsp3) is 0.105. The highest BCUT2D eigenvalue weighted by molar-refractivity contribution is 14.1. The highest BCUT2D eigenvalue weighted by Gasteiger charge is 2.30. The molecule has 4 rings (SSSR count). The van der Waals surface area contributed by atoms with Gasteiger partial charge in [0.25, 0.3) is 5.91 Å². The molecule has 0 aliphatic carbocycles. The minimum absolute atomic E-state index is 0.160. The summed E-state index contributed by atoms with van der Waals surface area (Å²) in [5, 5.41) is 3.37. The van der Waals surface area contributed by atoms with Crippen LogP contribution in [-0.2, 0) is 11.2 Å². The number of nitrogens with one attached hydrogen (secondary N) is 2. The average molecular weight is 488 g/mol. The lowest BCUT2D eigenvalue weighted by Gasteiger charge is -2.12. The van der Waals surface area contributed by atoms with Crippen molar-refractivity contribution < 1.29 is 9.21 Å². The Morgan fingerprint density at radius 1 is 1.30 bits per heavy atom. The third-order valence-corrected chi connectivity index (χ3v) is 5.14. The van der Waals surface area contributed by atoms with Crippen LogP contribution < -0.4 is 5.32 Å². The number of hydrogen-bond donors (Lipinski definition) is 2. The molecule has 0 spiro atoms. The lowest BCUT2D eigenvalue weighted by molar-refractivity contribution is -0.122. The Hall–Kier alpha value is -2.46. The van der Waals surface area contributed by atoms with Gasteiger partial charge in [-0.3, -0.25) is 9.69 Å². The standard InChI is InChI=1S/C19H15IN4O2S/c20-13-3-1-2-12(8-13)17-5-4-15(26-17)9-16-18(25)24(19(27)23-16)7-6-14-10-21-11-22-14/h1-5,8-11H,6-7H2,(H,21,22)(H,23,27)/b16-9-/i20-2. The van der Waals surface area contributed by atoms with Crippen molar-refractivity contribution in [1.29, 1.82) is 0 Å². The Bertz CT molecular complexity index is 1030. The van der Waals surface area contributed by atoms with Crippen LogP contribution in [0.3, 0.4) is 0 Å². The maximum Gasteiger partial charge on any atom is 0.276 e. The number of aromatic amines is 1. The molecule has 3 aromatic rings. The molecule has 0 bridgehead atoms. The van der Waals surface area contributed by atoms with Crippen molar-refractivity contribution in [3.05, 3.63) is 69.6 Å². The summed E-state index contributed by atoms with van der Waals surface area (Å²) in [7, 11) is 0.